The summed E-state index contributed by atoms with van der Waals surface area (Å²) < 4.78 is 5.32. The average Bonchev–Trinajstić information content (AvgIpc) is 3.31. The summed E-state index contributed by atoms with van der Waals surface area (Å²) in [4.78, 5) is 42.6. The second kappa shape index (κ2) is 8.14. The van der Waals surface area contributed by atoms with Crippen LogP contribution in [0.5, 0.6) is 0 Å². The largest absolute Gasteiger partial charge is 0.457 e. The molecule has 1 saturated heterocycles. The van der Waals surface area contributed by atoms with Crippen LogP contribution in [0.1, 0.15) is 41.0 Å². The Kier molecular flexibility index (Phi) is 5.40. The first-order valence-corrected chi connectivity index (χ1v) is 10.1. The lowest BCUT2D eigenvalue weighted by molar-refractivity contribution is -0.147. The molecule has 4 rings (SSSR count). The Morgan fingerprint density at radius 2 is 1.83 bits per heavy atom. The van der Waals surface area contributed by atoms with Gasteiger partial charge in [-0.15, -0.1) is 0 Å². The fraction of sp³-hybridized carbons (Fsp3) is 0.292. The van der Waals surface area contributed by atoms with Gasteiger partial charge in [-0.2, -0.15) is 0 Å². The van der Waals surface area contributed by atoms with Gasteiger partial charge in [0.05, 0.1) is 12.0 Å². The third kappa shape index (κ3) is 3.73. The van der Waals surface area contributed by atoms with E-state index in [1.54, 1.807) is 4.90 Å². The fourth-order valence-corrected chi connectivity index (χ4v) is 4.14. The zero-order chi connectivity index (χ0) is 21.3. The highest BCUT2D eigenvalue weighted by molar-refractivity contribution is 6.10. The molecule has 0 unspecified atom stereocenters. The van der Waals surface area contributed by atoms with E-state index in [1.807, 2.05) is 68.4 Å². The Labute approximate surface area is 174 Å². The molecule has 1 aromatic heterocycles. The van der Waals surface area contributed by atoms with Gasteiger partial charge in [-0.1, -0.05) is 48.5 Å². The van der Waals surface area contributed by atoms with Crippen LogP contribution in [0.3, 0.4) is 0 Å². The van der Waals surface area contributed by atoms with Gasteiger partial charge in [0.25, 0.3) is 0 Å². The topological polar surface area (TPSA) is 79.5 Å². The minimum atomic E-state index is -0.555. The molecule has 154 valence electrons. The normalized spacial score (nSPS) is 17.3. The third-order valence-electron chi connectivity index (χ3n) is 5.76. The second-order valence-corrected chi connectivity index (χ2v) is 7.74. The van der Waals surface area contributed by atoms with E-state index in [2.05, 4.69) is 4.98 Å². The summed E-state index contributed by atoms with van der Waals surface area (Å²) in [6.45, 7) is 3.74. The van der Waals surface area contributed by atoms with Gasteiger partial charge in [0, 0.05) is 35.1 Å². The molecule has 6 nitrogen and oxygen atoms in total. The SMILES string of the molecule is Cc1[nH]c2ccccc2c1C(=O)COC(=O)[C@H]1CC(=O)N([C@H](C)c2ccccc2)C1. The van der Waals surface area contributed by atoms with Crippen molar-refractivity contribution in [1.82, 2.24) is 9.88 Å². The van der Waals surface area contributed by atoms with E-state index < -0.39 is 11.9 Å². The lowest BCUT2D eigenvalue weighted by atomic mass is 10.1. The molecule has 30 heavy (non-hydrogen) atoms. The number of esters is 1. The predicted octanol–water partition coefficient (Wildman–Crippen LogP) is 3.81. The third-order valence-corrected chi connectivity index (χ3v) is 5.76. The molecule has 1 aliphatic heterocycles. The molecule has 3 aromatic rings. The lowest BCUT2D eigenvalue weighted by Crippen LogP contribution is -2.30. The van der Waals surface area contributed by atoms with E-state index in [0.717, 1.165) is 22.2 Å². The summed E-state index contributed by atoms with van der Waals surface area (Å²) in [5.41, 5.74) is 3.18. The number of ketones is 1. The number of aryl methyl sites for hydroxylation is 1. The molecule has 0 saturated carbocycles. The molecule has 1 fully saturated rings. The van der Waals surface area contributed by atoms with Gasteiger partial charge >= 0.3 is 5.97 Å². The van der Waals surface area contributed by atoms with Gasteiger partial charge in [0.2, 0.25) is 11.7 Å². The summed E-state index contributed by atoms with van der Waals surface area (Å²) in [6, 6.07) is 17.1. The number of amides is 1. The maximum atomic E-state index is 12.7. The number of nitrogens with zero attached hydrogens (tertiary/aromatic N) is 1. The average molecular weight is 404 g/mol. The number of H-pyrrole nitrogens is 1. The molecular formula is C24H24N2O4. The number of rotatable bonds is 6. The first kappa shape index (κ1) is 19.9. The minimum Gasteiger partial charge on any atom is -0.457 e. The van der Waals surface area contributed by atoms with Crippen molar-refractivity contribution < 1.29 is 19.1 Å². The number of Topliss-reactive ketones (excluding diaryl/α,β-unsaturated/α-hetero) is 1. The molecule has 1 aliphatic rings. The Balaban J connectivity index is 1.39. The summed E-state index contributed by atoms with van der Waals surface area (Å²) in [5.74, 6) is -1.39. The van der Waals surface area contributed by atoms with Crippen molar-refractivity contribution >= 4 is 28.6 Å². The molecule has 0 aliphatic carbocycles. The highest BCUT2D eigenvalue weighted by atomic mass is 16.5. The zero-order valence-electron chi connectivity index (χ0n) is 17.1. The van der Waals surface area contributed by atoms with Crippen LogP contribution < -0.4 is 0 Å². The fourth-order valence-electron chi connectivity index (χ4n) is 4.14. The number of likely N-dealkylation sites (tertiary alicyclic amines) is 1. The number of para-hydroxylation sites is 1. The number of aromatic amines is 1. The predicted molar refractivity (Wildman–Crippen MR) is 113 cm³/mol. The van der Waals surface area contributed by atoms with Crippen LogP contribution in [0.15, 0.2) is 54.6 Å². The van der Waals surface area contributed by atoms with Crippen molar-refractivity contribution in [2.45, 2.75) is 26.3 Å². The molecule has 2 heterocycles. The van der Waals surface area contributed by atoms with E-state index in [1.165, 1.54) is 0 Å². The van der Waals surface area contributed by atoms with E-state index in [4.69, 9.17) is 4.74 Å². The van der Waals surface area contributed by atoms with Gasteiger partial charge in [-0.3, -0.25) is 14.4 Å². The lowest BCUT2D eigenvalue weighted by Gasteiger charge is -2.25. The van der Waals surface area contributed by atoms with Crippen molar-refractivity contribution in [2.75, 3.05) is 13.2 Å². The second-order valence-electron chi connectivity index (χ2n) is 7.74. The Morgan fingerprint density at radius 1 is 1.13 bits per heavy atom. The van der Waals surface area contributed by atoms with E-state index in [9.17, 15) is 14.4 Å². The summed E-state index contributed by atoms with van der Waals surface area (Å²) in [7, 11) is 0. The maximum Gasteiger partial charge on any atom is 0.311 e. The molecule has 0 radical (unpaired) electrons. The Morgan fingerprint density at radius 3 is 2.60 bits per heavy atom. The van der Waals surface area contributed by atoms with E-state index in [0.29, 0.717) is 12.1 Å². The van der Waals surface area contributed by atoms with Crippen LogP contribution in [0.4, 0.5) is 0 Å². The minimum absolute atomic E-state index is 0.0768. The standard InChI is InChI=1S/C24H24N2O4/c1-15-23(19-10-6-7-11-20(19)25-15)21(27)14-30-24(29)18-12-22(28)26(13-18)16(2)17-8-4-3-5-9-17/h3-11,16,18,25H,12-14H2,1-2H3/t16-,18+/m1/s1. The summed E-state index contributed by atoms with van der Waals surface area (Å²) in [6.07, 6.45) is 0.107. The van der Waals surface area contributed by atoms with Crippen molar-refractivity contribution in [1.29, 1.82) is 0 Å². The van der Waals surface area contributed by atoms with Gasteiger partial charge in [0.15, 0.2) is 6.61 Å². The molecule has 1 N–H and O–H groups in total. The van der Waals surface area contributed by atoms with Crippen LogP contribution in [-0.2, 0) is 14.3 Å². The number of hydrogen-bond acceptors (Lipinski definition) is 4. The van der Waals surface area contributed by atoms with Crippen LogP contribution in [0.25, 0.3) is 10.9 Å². The smallest absolute Gasteiger partial charge is 0.311 e. The summed E-state index contributed by atoms with van der Waals surface area (Å²) >= 11 is 0. The van der Waals surface area contributed by atoms with Gasteiger partial charge < -0.3 is 14.6 Å². The van der Waals surface area contributed by atoms with Crippen molar-refractivity contribution in [3.05, 3.63) is 71.4 Å². The van der Waals surface area contributed by atoms with E-state index >= 15 is 0 Å². The highest BCUT2D eigenvalue weighted by Crippen LogP contribution is 2.29. The molecule has 6 heteroatoms. The number of carbonyl (C=O) groups is 3. The van der Waals surface area contributed by atoms with Gasteiger partial charge in [-0.25, -0.2) is 0 Å². The molecular weight excluding hydrogens is 380 g/mol. The monoisotopic (exact) mass is 404 g/mol. The highest BCUT2D eigenvalue weighted by Gasteiger charge is 2.38. The molecule has 2 atom stereocenters. The van der Waals surface area contributed by atoms with Crippen molar-refractivity contribution in [3.63, 3.8) is 0 Å². The Bertz CT molecular complexity index is 1100. The Hall–Kier alpha value is -3.41. The van der Waals surface area contributed by atoms with Crippen molar-refractivity contribution in [3.8, 4) is 0 Å². The molecule has 0 bridgehead atoms. The van der Waals surface area contributed by atoms with E-state index in [-0.39, 0.29) is 30.8 Å². The van der Waals surface area contributed by atoms with Crippen LogP contribution in [0, 0.1) is 12.8 Å². The quantitative estimate of drug-likeness (QED) is 0.500. The van der Waals surface area contributed by atoms with Crippen LogP contribution in [0.2, 0.25) is 0 Å². The van der Waals surface area contributed by atoms with Crippen LogP contribution in [-0.4, -0.2) is 40.7 Å². The summed E-state index contributed by atoms with van der Waals surface area (Å²) in [5, 5.41) is 0.815. The molecule has 0 spiro atoms. The van der Waals surface area contributed by atoms with Gasteiger partial charge in [-0.05, 0) is 25.5 Å². The zero-order valence-corrected chi connectivity index (χ0v) is 17.1. The number of aromatic nitrogens is 1. The number of nitrogens with one attached hydrogen (secondary N) is 1. The maximum absolute atomic E-state index is 12.7. The molecule has 1 amide bonds. The number of carbonyl (C=O) groups excluding carboxylic acids is 3. The number of ether oxygens (including phenoxy) is 1. The van der Waals surface area contributed by atoms with Gasteiger partial charge in [0.1, 0.15) is 0 Å². The first-order chi connectivity index (χ1) is 14.5. The van der Waals surface area contributed by atoms with Crippen LogP contribution >= 0.6 is 0 Å². The number of hydrogen-bond donors (Lipinski definition) is 1. The first-order valence-electron chi connectivity index (χ1n) is 10.1. The van der Waals surface area contributed by atoms with Crippen molar-refractivity contribution in [2.24, 2.45) is 5.92 Å². The number of benzene rings is 2. The number of fused-ring (bicyclic) bond motifs is 1. The molecule has 2 aromatic carbocycles.